The standard InChI is InChI=1S/C9H12N4O3/c1-5(14)11-7-2-3-10-9-12-6(8(15)16)4-13(7)9/h4,7H,2-3H2,1H3,(H,10,12)(H,11,14)(H,15,16). The lowest BCUT2D eigenvalue weighted by Crippen LogP contribution is -2.35. The Bertz CT molecular complexity index is 440. The molecule has 2 rings (SSSR count). The summed E-state index contributed by atoms with van der Waals surface area (Å²) in [5, 5.41) is 14.5. The zero-order valence-corrected chi connectivity index (χ0v) is 8.73. The number of carboxylic acid groups (broad SMARTS) is 1. The van der Waals surface area contributed by atoms with Gasteiger partial charge in [-0.15, -0.1) is 0 Å². The molecule has 86 valence electrons. The fourth-order valence-electron chi connectivity index (χ4n) is 1.70. The Morgan fingerprint density at radius 2 is 2.44 bits per heavy atom. The van der Waals surface area contributed by atoms with Crippen molar-refractivity contribution < 1.29 is 14.7 Å². The average molecular weight is 224 g/mol. The zero-order valence-electron chi connectivity index (χ0n) is 8.73. The van der Waals surface area contributed by atoms with Crippen molar-refractivity contribution >= 4 is 17.8 Å². The quantitative estimate of drug-likeness (QED) is 0.658. The molecule has 7 nitrogen and oxygen atoms in total. The third-order valence-electron chi connectivity index (χ3n) is 2.36. The number of fused-ring (bicyclic) bond motifs is 1. The zero-order chi connectivity index (χ0) is 11.7. The fraction of sp³-hybridized carbons (Fsp3) is 0.444. The summed E-state index contributed by atoms with van der Waals surface area (Å²) in [4.78, 5) is 25.6. The van der Waals surface area contributed by atoms with E-state index in [1.54, 1.807) is 4.57 Å². The van der Waals surface area contributed by atoms with Crippen LogP contribution in [0.4, 0.5) is 5.95 Å². The van der Waals surface area contributed by atoms with Gasteiger partial charge >= 0.3 is 5.97 Å². The number of carbonyl (C=O) groups is 2. The van der Waals surface area contributed by atoms with Crippen LogP contribution in [0.2, 0.25) is 0 Å². The van der Waals surface area contributed by atoms with Gasteiger partial charge in [0, 0.05) is 26.1 Å². The smallest absolute Gasteiger partial charge is 0.356 e. The molecular weight excluding hydrogens is 212 g/mol. The third kappa shape index (κ3) is 1.83. The molecule has 0 bridgehead atoms. The van der Waals surface area contributed by atoms with Gasteiger partial charge in [-0.1, -0.05) is 0 Å². The van der Waals surface area contributed by atoms with Gasteiger partial charge in [0.05, 0.1) is 0 Å². The largest absolute Gasteiger partial charge is 0.476 e. The molecule has 1 unspecified atom stereocenters. The van der Waals surface area contributed by atoms with Crippen molar-refractivity contribution in [2.75, 3.05) is 11.9 Å². The van der Waals surface area contributed by atoms with Crippen LogP contribution in [0.15, 0.2) is 6.20 Å². The highest BCUT2D eigenvalue weighted by Crippen LogP contribution is 2.21. The van der Waals surface area contributed by atoms with E-state index in [2.05, 4.69) is 15.6 Å². The van der Waals surface area contributed by atoms with E-state index in [1.807, 2.05) is 0 Å². The van der Waals surface area contributed by atoms with E-state index >= 15 is 0 Å². The van der Waals surface area contributed by atoms with E-state index in [4.69, 9.17) is 5.11 Å². The van der Waals surface area contributed by atoms with E-state index in [-0.39, 0.29) is 17.8 Å². The summed E-state index contributed by atoms with van der Waals surface area (Å²) in [5.74, 6) is -0.754. The molecule has 1 aromatic heterocycles. The Labute approximate surface area is 91.5 Å². The summed E-state index contributed by atoms with van der Waals surface area (Å²) in [6.45, 7) is 2.08. The first kappa shape index (κ1) is 10.5. The van der Waals surface area contributed by atoms with Gasteiger partial charge in [-0.2, -0.15) is 0 Å². The van der Waals surface area contributed by atoms with Crippen molar-refractivity contribution in [2.45, 2.75) is 19.5 Å². The van der Waals surface area contributed by atoms with E-state index in [1.165, 1.54) is 13.1 Å². The molecule has 2 heterocycles. The Morgan fingerprint density at radius 1 is 1.69 bits per heavy atom. The molecule has 1 aliphatic heterocycles. The van der Waals surface area contributed by atoms with Gasteiger partial charge in [0.15, 0.2) is 5.69 Å². The second kappa shape index (κ2) is 3.84. The van der Waals surface area contributed by atoms with Crippen molar-refractivity contribution in [3.63, 3.8) is 0 Å². The van der Waals surface area contributed by atoms with Gasteiger partial charge < -0.3 is 15.7 Å². The Balaban J connectivity index is 2.30. The molecule has 0 radical (unpaired) electrons. The van der Waals surface area contributed by atoms with Crippen LogP contribution >= 0.6 is 0 Å². The average Bonchev–Trinajstić information content (AvgIpc) is 2.61. The maximum Gasteiger partial charge on any atom is 0.356 e. The predicted octanol–water partition coefficient (Wildman–Crippen LogP) is 0.0316. The Morgan fingerprint density at radius 3 is 3.06 bits per heavy atom. The summed E-state index contributed by atoms with van der Waals surface area (Å²) >= 11 is 0. The second-order valence-corrected chi connectivity index (χ2v) is 3.59. The molecule has 1 aromatic rings. The predicted molar refractivity (Wildman–Crippen MR) is 55.1 cm³/mol. The summed E-state index contributed by atoms with van der Waals surface area (Å²) in [6.07, 6.45) is 1.89. The monoisotopic (exact) mass is 224 g/mol. The number of amides is 1. The van der Waals surface area contributed by atoms with Crippen molar-refractivity contribution in [2.24, 2.45) is 0 Å². The number of aromatic nitrogens is 2. The van der Waals surface area contributed by atoms with Crippen LogP contribution in [-0.2, 0) is 4.79 Å². The second-order valence-electron chi connectivity index (χ2n) is 3.59. The first-order valence-corrected chi connectivity index (χ1v) is 4.91. The van der Waals surface area contributed by atoms with Crippen LogP contribution in [0.25, 0.3) is 0 Å². The Kier molecular flexibility index (Phi) is 2.51. The van der Waals surface area contributed by atoms with Gasteiger partial charge in [0.25, 0.3) is 0 Å². The lowest BCUT2D eigenvalue weighted by atomic mass is 10.3. The van der Waals surface area contributed by atoms with Crippen molar-refractivity contribution in [1.29, 1.82) is 0 Å². The van der Waals surface area contributed by atoms with Crippen LogP contribution in [-0.4, -0.2) is 33.1 Å². The number of carboxylic acids is 1. The first-order valence-electron chi connectivity index (χ1n) is 4.91. The van der Waals surface area contributed by atoms with Crippen LogP contribution in [0, 0.1) is 0 Å². The minimum atomic E-state index is -1.08. The number of hydrogen-bond donors (Lipinski definition) is 3. The summed E-state index contributed by atoms with van der Waals surface area (Å²) in [6, 6.07) is 0. The fourth-order valence-corrected chi connectivity index (χ4v) is 1.70. The summed E-state index contributed by atoms with van der Waals surface area (Å²) in [7, 11) is 0. The molecule has 16 heavy (non-hydrogen) atoms. The maximum atomic E-state index is 11.0. The van der Waals surface area contributed by atoms with E-state index in [0.29, 0.717) is 18.9 Å². The number of imidazole rings is 1. The highest BCUT2D eigenvalue weighted by molar-refractivity contribution is 5.85. The molecule has 0 aliphatic carbocycles. The normalized spacial score (nSPS) is 18.4. The number of carbonyl (C=O) groups excluding carboxylic acids is 1. The molecule has 1 atom stereocenters. The summed E-state index contributed by atoms with van der Waals surface area (Å²) < 4.78 is 1.63. The van der Waals surface area contributed by atoms with Gasteiger partial charge in [0.1, 0.15) is 6.17 Å². The maximum absolute atomic E-state index is 11.0. The van der Waals surface area contributed by atoms with Gasteiger partial charge in [-0.05, 0) is 0 Å². The molecule has 0 spiro atoms. The van der Waals surface area contributed by atoms with Gasteiger partial charge in [0.2, 0.25) is 11.9 Å². The van der Waals surface area contributed by atoms with Crippen LogP contribution in [0.5, 0.6) is 0 Å². The number of hydrogen-bond acceptors (Lipinski definition) is 4. The molecule has 0 fully saturated rings. The van der Waals surface area contributed by atoms with Crippen LogP contribution in [0.1, 0.15) is 30.0 Å². The lowest BCUT2D eigenvalue weighted by Gasteiger charge is -2.26. The topological polar surface area (TPSA) is 96.2 Å². The van der Waals surface area contributed by atoms with Crippen LogP contribution < -0.4 is 10.6 Å². The van der Waals surface area contributed by atoms with E-state index in [0.717, 1.165) is 0 Å². The van der Waals surface area contributed by atoms with E-state index in [9.17, 15) is 9.59 Å². The van der Waals surface area contributed by atoms with Gasteiger partial charge in [-0.3, -0.25) is 9.36 Å². The number of aromatic carboxylic acids is 1. The molecule has 1 aliphatic rings. The number of anilines is 1. The minimum Gasteiger partial charge on any atom is -0.476 e. The van der Waals surface area contributed by atoms with Gasteiger partial charge in [-0.25, -0.2) is 9.78 Å². The molecule has 3 N–H and O–H groups in total. The minimum absolute atomic E-state index is 0.0280. The third-order valence-corrected chi connectivity index (χ3v) is 2.36. The number of rotatable bonds is 2. The highest BCUT2D eigenvalue weighted by atomic mass is 16.4. The molecule has 1 amide bonds. The molecule has 0 saturated carbocycles. The van der Waals surface area contributed by atoms with Crippen molar-refractivity contribution in [3.8, 4) is 0 Å². The summed E-state index contributed by atoms with van der Waals surface area (Å²) in [5.41, 5.74) is -0.0280. The molecule has 7 heteroatoms. The van der Waals surface area contributed by atoms with Crippen molar-refractivity contribution in [1.82, 2.24) is 14.9 Å². The van der Waals surface area contributed by atoms with Crippen molar-refractivity contribution in [3.05, 3.63) is 11.9 Å². The first-order chi connectivity index (χ1) is 7.58. The number of nitrogens with zero attached hydrogens (tertiary/aromatic N) is 2. The van der Waals surface area contributed by atoms with Crippen LogP contribution in [0.3, 0.4) is 0 Å². The number of nitrogens with one attached hydrogen (secondary N) is 2. The van der Waals surface area contributed by atoms with E-state index < -0.39 is 5.97 Å². The molecule has 0 saturated heterocycles. The highest BCUT2D eigenvalue weighted by Gasteiger charge is 2.23. The SMILES string of the molecule is CC(=O)NC1CCNc2nc(C(=O)O)cn21. The molecular formula is C9H12N4O3. The Hall–Kier alpha value is -2.05. The molecule has 0 aromatic carbocycles. The lowest BCUT2D eigenvalue weighted by molar-refractivity contribution is -0.120.